The minimum Gasteiger partial charge on any atom is -0.396 e. The normalized spacial score (nSPS) is 22.2. The van der Waals surface area contributed by atoms with Gasteiger partial charge in [-0.2, -0.15) is 26.3 Å². The summed E-state index contributed by atoms with van der Waals surface area (Å²) in [4.78, 5) is 14.8. The molecule has 0 spiro atoms. The minimum absolute atomic E-state index is 0.0734. The van der Waals surface area contributed by atoms with E-state index in [0.29, 0.717) is 25.0 Å². The molecule has 2 saturated heterocycles. The fourth-order valence-electron chi connectivity index (χ4n) is 6.31. The average Bonchev–Trinajstić information content (AvgIpc) is 3.44. The lowest BCUT2D eigenvalue weighted by Gasteiger charge is -2.39. The van der Waals surface area contributed by atoms with Crippen LogP contribution in [0.5, 0.6) is 0 Å². The second kappa shape index (κ2) is 12.3. The predicted octanol–water partition coefficient (Wildman–Crippen LogP) is 5.37. The van der Waals surface area contributed by atoms with Crippen LogP contribution in [0.2, 0.25) is 0 Å². The summed E-state index contributed by atoms with van der Waals surface area (Å²) in [6.07, 6.45) is -12.5. The smallest absolute Gasteiger partial charge is 0.396 e. The maximum atomic E-state index is 14.8. The van der Waals surface area contributed by atoms with E-state index < -0.39 is 76.6 Å². The maximum absolute atomic E-state index is 14.8. The van der Waals surface area contributed by atoms with E-state index in [2.05, 4.69) is 0 Å². The number of carbonyl (C=O) groups is 1. The van der Waals surface area contributed by atoms with E-state index in [0.717, 1.165) is 24.3 Å². The number of likely N-dealkylation sites (tertiary alicyclic amines) is 1. The Morgan fingerprint density at radius 1 is 0.848 bits per heavy atom. The molecule has 2 aliphatic rings. The molecule has 2 aromatic rings. The topological polar surface area (TPSA) is 109 Å². The third-order valence-corrected chi connectivity index (χ3v) is 13.2. The van der Waals surface area contributed by atoms with Gasteiger partial charge in [-0.3, -0.25) is 4.79 Å². The number of hydrogen-bond acceptors (Lipinski definition) is 6. The van der Waals surface area contributed by atoms with Gasteiger partial charge in [-0.05, 0) is 61.9 Å². The van der Waals surface area contributed by atoms with Crippen molar-refractivity contribution in [1.29, 1.82) is 0 Å². The summed E-state index contributed by atoms with van der Waals surface area (Å²) in [7, 11) is -8.10. The first-order chi connectivity index (χ1) is 21.2. The molecule has 2 aromatic carbocycles. The third kappa shape index (κ3) is 6.25. The standard InChI is InChI=1S/C29H31F8NO6S2/c30-22-7-9-23(10-8-22)46(43,44)26(20-3-5-21(6-4-20)27(31,28(32,33)34)29(35,36)37)12-15-38(19-26)24(40)25(11-1-2-16-39)13-17-45(41,42)18-14-25/h3-10,39H,1-2,11-19H2/t26-/m0/s1. The SMILES string of the molecule is O=C(N1CC[C@](c2ccc(C(F)(C(F)(F)F)C(F)(F)F)cc2)(S(=O)(=O)c2ccc(F)cc2)C1)C1(CCCCO)CCS(=O)(=O)CC1. The molecule has 0 saturated carbocycles. The molecule has 0 radical (unpaired) electrons. The van der Waals surface area contributed by atoms with Crippen LogP contribution in [0.15, 0.2) is 53.4 Å². The molecule has 2 aliphatic heterocycles. The van der Waals surface area contributed by atoms with Crippen LogP contribution >= 0.6 is 0 Å². The summed E-state index contributed by atoms with van der Waals surface area (Å²) >= 11 is 0. The lowest BCUT2D eigenvalue weighted by Crippen LogP contribution is -2.50. The molecule has 4 rings (SSSR count). The molecular formula is C29H31F8NO6S2. The number of aliphatic hydroxyl groups excluding tert-OH is 1. The number of sulfone groups is 2. The van der Waals surface area contributed by atoms with E-state index in [4.69, 9.17) is 0 Å². The van der Waals surface area contributed by atoms with Crippen LogP contribution in [0, 0.1) is 11.2 Å². The number of alkyl halides is 7. The molecule has 2 heterocycles. The van der Waals surface area contributed by atoms with Crippen LogP contribution < -0.4 is 0 Å². The van der Waals surface area contributed by atoms with Crippen molar-refractivity contribution in [2.75, 3.05) is 31.2 Å². The Balaban J connectivity index is 1.81. The van der Waals surface area contributed by atoms with E-state index in [-0.39, 0.29) is 68.0 Å². The first-order valence-electron chi connectivity index (χ1n) is 14.2. The van der Waals surface area contributed by atoms with Crippen LogP contribution in [0.3, 0.4) is 0 Å². The molecule has 0 aromatic heterocycles. The van der Waals surface area contributed by atoms with E-state index in [1.165, 1.54) is 4.90 Å². The molecule has 1 amide bonds. The number of aliphatic hydroxyl groups is 1. The second-order valence-electron chi connectivity index (χ2n) is 11.8. The zero-order valence-electron chi connectivity index (χ0n) is 24.2. The van der Waals surface area contributed by atoms with Crippen molar-refractivity contribution >= 4 is 25.6 Å². The highest BCUT2D eigenvalue weighted by Crippen LogP contribution is 2.54. The van der Waals surface area contributed by atoms with Gasteiger partial charge < -0.3 is 10.0 Å². The van der Waals surface area contributed by atoms with E-state index in [1.54, 1.807) is 0 Å². The highest BCUT2D eigenvalue weighted by atomic mass is 32.2. The van der Waals surface area contributed by atoms with Gasteiger partial charge in [0.15, 0.2) is 9.84 Å². The summed E-state index contributed by atoms with van der Waals surface area (Å²) in [6, 6.07) is 5.20. The fraction of sp³-hybridized carbons (Fsp3) is 0.552. The molecule has 0 aliphatic carbocycles. The van der Waals surface area contributed by atoms with Crippen LogP contribution in [-0.4, -0.2) is 76.3 Å². The highest BCUT2D eigenvalue weighted by molar-refractivity contribution is 7.92. The lowest BCUT2D eigenvalue weighted by atomic mass is 9.76. The van der Waals surface area contributed by atoms with Crippen LogP contribution in [0.25, 0.3) is 0 Å². The largest absolute Gasteiger partial charge is 0.435 e. The summed E-state index contributed by atoms with van der Waals surface area (Å²) in [5.41, 5.74) is -9.15. The zero-order chi connectivity index (χ0) is 34.4. The van der Waals surface area contributed by atoms with Crippen molar-refractivity contribution < 1.29 is 61.9 Å². The quantitative estimate of drug-likeness (QED) is 0.214. The Labute approximate surface area is 260 Å². The number of unbranched alkanes of at least 4 members (excludes halogenated alkanes) is 1. The molecular weight excluding hydrogens is 674 g/mol. The summed E-state index contributed by atoms with van der Waals surface area (Å²) < 4.78 is 159. The van der Waals surface area contributed by atoms with Gasteiger partial charge in [-0.15, -0.1) is 0 Å². The third-order valence-electron chi connectivity index (χ3n) is 9.05. The van der Waals surface area contributed by atoms with Gasteiger partial charge in [-0.25, -0.2) is 25.6 Å². The number of halogens is 8. The molecule has 2 fully saturated rings. The van der Waals surface area contributed by atoms with Crippen molar-refractivity contribution in [2.45, 2.75) is 66.2 Å². The van der Waals surface area contributed by atoms with Crippen LogP contribution in [0.4, 0.5) is 35.1 Å². The number of amides is 1. The fourth-order valence-corrected chi connectivity index (χ4v) is 9.99. The van der Waals surface area contributed by atoms with Gasteiger partial charge >= 0.3 is 18.0 Å². The van der Waals surface area contributed by atoms with Gasteiger partial charge in [0.2, 0.25) is 5.91 Å². The highest BCUT2D eigenvalue weighted by Gasteiger charge is 2.73. The van der Waals surface area contributed by atoms with Gasteiger partial charge in [0.25, 0.3) is 0 Å². The van der Waals surface area contributed by atoms with Crippen LogP contribution in [-0.2, 0) is 34.9 Å². The minimum atomic E-state index is -6.40. The zero-order valence-corrected chi connectivity index (χ0v) is 25.8. The molecule has 256 valence electrons. The first-order valence-corrected chi connectivity index (χ1v) is 17.5. The van der Waals surface area contributed by atoms with Gasteiger partial charge in [0.1, 0.15) is 20.4 Å². The number of hydrogen-bond donors (Lipinski definition) is 1. The predicted molar refractivity (Wildman–Crippen MR) is 149 cm³/mol. The number of benzene rings is 2. The van der Waals surface area contributed by atoms with Crippen molar-refractivity contribution in [3.05, 3.63) is 65.5 Å². The Hall–Kier alpha value is -2.79. The van der Waals surface area contributed by atoms with Crippen molar-refractivity contribution in [3.63, 3.8) is 0 Å². The molecule has 0 bridgehead atoms. The summed E-state index contributed by atoms with van der Waals surface area (Å²) in [5, 5.41) is 9.25. The number of nitrogens with zero attached hydrogens (tertiary/aromatic N) is 1. The summed E-state index contributed by atoms with van der Waals surface area (Å²) in [6.45, 7) is -1.06. The van der Waals surface area contributed by atoms with Crippen molar-refractivity contribution in [1.82, 2.24) is 4.90 Å². The number of carbonyl (C=O) groups excluding carboxylic acids is 1. The Bertz CT molecular complexity index is 1610. The van der Waals surface area contributed by atoms with Crippen molar-refractivity contribution in [3.8, 4) is 0 Å². The van der Waals surface area contributed by atoms with E-state index in [1.807, 2.05) is 0 Å². The Morgan fingerprint density at radius 3 is 1.89 bits per heavy atom. The van der Waals surface area contributed by atoms with Crippen molar-refractivity contribution in [2.24, 2.45) is 5.41 Å². The Kier molecular flexibility index (Phi) is 9.67. The average molecular weight is 706 g/mol. The maximum Gasteiger partial charge on any atom is 0.435 e. The molecule has 17 heteroatoms. The monoisotopic (exact) mass is 705 g/mol. The lowest BCUT2D eigenvalue weighted by molar-refractivity contribution is -0.348. The molecule has 1 N–H and O–H groups in total. The van der Waals surface area contributed by atoms with E-state index in [9.17, 15) is 61.9 Å². The second-order valence-corrected chi connectivity index (χ2v) is 16.3. The van der Waals surface area contributed by atoms with Gasteiger partial charge in [0.05, 0.1) is 21.8 Å². The molecule has 0 unspecified atom stereocenters. The van der Waals surface area contributed by atoms with Gasteiger partial charge in [0, 0.05) is 25.3 Å². The first kappa shape index (κ1) is 36.1. The number of rotatable bonds is 9. The van der Waals surface area contributed by atoms with Crippen LogP contribution in [0.1, 0.15) is 49.7 Å². The Morgan fingerprint density at radius 2 is 1.39 bits per heavy atom. The van der Waals surface area contributed by atoms with Gasteiger partial charge in [-0.1, -0.05) is 30.7 Å². The van der Waals surface area contributed by atoms with E-state index >= 15 is 0 Å². The summed E-state index contributed by atoms with van der Waals surface area (Å²) in [5.74, 6) is -1.99. The molecule has 1 atom stereocenters. The molecule has 7 nitrogen and oxygen atoms in total. The molecule has 46 heavy (non-hydrogen) atoms.